The number of carbonyl (C=O) groups is 1. The third kappa shape index (κ3) is 3.93. The van der Waals surface area contributed by atoms with E-state index in [0.717, 1.165) is 0 Å². The third-order valence-electron chi connectivity index (χ3n) is 0.784. The molecule has 0 bridgehead atoms. The van der Waals surface area contributed by atoms with E-state index in [-0.39, 0.29) is 6.79 Å². The van der Waals surface area contributed by atoms with Gasteiger partial charge in [0.2, 0.25) is 0 Å². The van der Waals surface area contributed by atoms with Gasteiger partial charge < -0.3 is 14.6 Å². The first kappa shape index (κ1) is 8.39. The fraction of sp³-hybridized carbons (Fsp3) is 0.800. The molecule has 1 N–H and O–H groups in total. The van der Waals surface area contributed by atoms with Crippen LogP contribution >= 0.6 is 0 Å². The van der Waals surface area contributed by atoms with E-state index in [0.29, 0.717) is 0 Å². The van der Waals surface area contributed by atoms with Crippen LogP contribution in [0, 0.1) is 0 Å². The van der Waals surface area contributed by atoms with E-state index in [1.165, 1.54) is 14.0 Å². The van der Waals surface area contributed by atoms with Crippen LogP contribution in [0.2, 0.25) is 0 Å². The Kier molecular flexibility index (Phi) is 4.00. The molecule has 9 heavy (non-hydrogen) atoms. The van der Waals surface area contributed by atoms with E-state index >= 15 is 0 Å². The first-order valence-electron chi connectivity index (χ1n) is 2.52. The smallest absolute Gasteiger partial charge is 0.332 e. The maximum atomic E-state index is 10.0. The summed E-state index contributed by atoms with van der Waals surface area (Å²) in [7, 11) is 1.44. The maximum absolute atomic E-state index is 10.0. The summed E-state index contributed by atoms with van der Waals surface area (Å²) < 4.78 is 9.11. The summed E-state index contributed by atoms with van der Waals surface area (Å²) in [5.74, 6) is -0.980. The Morgan fingerprint density at radius 2 is 2.33 bits per heavy atom. The zero-order valence-electron chi connectivity index (χ0n) is 5.46. The Bertz CT molecular complexity index is 91.0. The molecule has 0 radical (unpaired) electrons. The Labute approximate surface area is 53.4 Å². The van der Waals surface area contributed by atoms with E-state index in [2.05, 4.69) is 9.47 Å². The molecule has 4 heteroatoms. The minimum absolute atomic E-state index is 0.0213. The molecule has 0 aromatic heterocycles. The highest BCUT2D eigenvalue weighted by atomic mass is 16.7. The molecule has 0 saturated carbocycles. The Hall–Kier alpha value is -0.610. The highest BCUT2D eigenvalue weighted by Gasteiger charge is 2.09. The number of aliphatic carboxylic acids is 1. The fourth-order valence-electron chi connectivity index (χ4n) is 0.241. The number of ether oxygens (including phenoxy) is 2. The number of methoxy groups -OCH3 is 1. The Balaban J connectivity index is 3.27. The van der Waals surface area contributed by atoms with Gasteiger partial charge in [0, 0.05) is 7.11 Å². The molecule has 0 aliphatic rings. The largest absolute Gasteiger partial charge is 0.479 e. The van der Waals surface area contributed by atoms with E-state index in [1.807, 2.05) is 0 Å². The average molecular weight is 134 g/mol. The number of carboxylic acid groups (broad SMARTS) is 1. The Morgan fingerprint density at radius 3 is 2.67 bits per heavy atom. The lowest BCUT2D eigenvalue weighted by Crippen LogP contribution is -2.20. The Morgan fingerprint density at radius 1 is 1.78 bits per heavy atom. The molecule has 0 aromatic rings. The van der Waals surface area contributed by atoms with Gasteiger partial charge in [0.25, 0.3) is 0 Å². The van der Waals surface area contributed by atoms with Crippen molar-refractivity contribution in [3.63, 3.8) is 0 Å². The lowest BCUT2D eigenvalue weighted by molar-refractivity contribution is -0.156. The topological polar surface area (TPSA) is 55.8 Å². The van der Waals surface area contributed by atoms with Crippen LogP contribution in [0.15, 0.2) is 0 Å². The number of hydrogen-bond donors (Lipinski definition) is 1. The standard InChI is InChI=1S/C5H10O4/c1-4(5(6)7)9-3-8-2/h4H,3H2,1-2H3,(H,6,7)/t4-/m1/s1. The zero-order valence-corrected chi connectivity index (χ0v) is 5.46. The van der Waals surface area contributed by atoms with Gasteiger partial charge in [-0.25, -0.2) is 4.79 Å². The summed E-state index contributed by atoms with van der Waals surface area (Å²) in [6.07, 6.45) is -0.787. The van der Waals surface area contributed by atoms with Crippen molar-refractivity contribution < 1.29 is 19.4 Å². The minimum atomic E-state index is -0.980. The van der Waals surface area contributed by atoms with Crippen molar-refractivity contribution in [1.82, 2.24) is 0 Å². The highest BCUT2D eigenvalue weighted by Crippen LogP contribution is 1.88. The van der Waals surface area contributed by atoms with Crippen molar-refractivity contribution in [3.8, 4) is 0 Å². The number of hydrogen-bond acceptors (Lipinski definition) is 3. The normalized spacial score (nSPS) is 13.1. The van der Waals surface area contributed by atoms with E-state index < -0.39 is 12.1 Å². The molecule has 0 heterocycles. The number of carboxylic acids is 1. The highest BCUT2D eigenvalue weighted by molar-refractivity contribution is 5.71. The molecule has 0 unspecified atom stereocenters. The quantitative estimate of drug-likeness (QED) is 0.553. The van der Waals surface area contributed by atoms with Crippen molar-refractivity contribution in [1.29, 1.82) is 0 Å². The van der Waals surface area contributed by atoms with Crippen molar-refractivity contribution in [2.45, 2.75) is 13.0 Å². The second-order valence-electron chi connectivity index (χ2n) is 1.55. The van der Waals surface area contributed by atoms with Crippen molar-refractivity contribution in [2.75, 3.05) is 13.9 Å². The second-order valence-corrected chi connectivity index (χ2v) is 1.55. The molecule has 54 valence electrons. The zero-order chi connectivity index (χ0) is 7.28. The molecule has 0 aliphatic carbocycles. The predicted octanol–water partition coefficient (Wildman–Crippen LogP) is 0.0800. The lowest BCUT2D eigenvalue weighted by atomic mass is 10.4. The van der Waals surface area contributed by atoms with E-state index in [9.17, 15) is 4.79 Å². The molecular formula is C5H10O4. The van der Waals surface area contributed by atoms with Crippen LogP contribution in [0.5, 0.6) is 0 Å². The molecule has 0 rings (SSSR count). The van der Waals surface area contributed by atoms with Crippen LogP contribution in [0.1, 0.15) is 6.92 Å². The van der Waals surface area contributed by atoms with Crippen LogP contribution in [0.4, 0.5) is 0 Å². The first-order chi connectivity index (χ1) is 4.18. The summed E-state index contributed by atoms with van der Waals surface area (Å²) in [6, 6.07) is 0. The third-order valence-corrected chi connectivity index (χ3v) is 0.784. The molecule has 0 aliphatic heterocycles. The molecule has 0 amide bonds. The summed E-state index contributed by atoms with van der Waals surface area (Å²) >= 11 is 0. The summed E-state index contributed by atoms with van der Waals surface area (Å²) in [6.45, 7) is 1.47. The number of rotatable bonds is 4. The van der Waals surface area contributed by atoms with Crippen LogP contribution < -0.4 is 0 Å². The van der Waals surface area contributed by atoms with Crippen LogP contribution in [-0.4, -0.2) is 31.1 Å². The second kappa shape index (κ2) is 4.29. The van der Waals surface area contributed by atoms with E-state index in [4.69, 9.17) is 5.11 Å². The van der Waals surface area contributed by atoms with Crippen molar-refractivity contribution >= 4 is 5.97 Å². The molecule has 0 saturated heterocycles. The monoisotopic (exact) mass is 134 g/mol. The molecule has 0 fully saturated rings. The van der Waals surface area contributed by atoms with Gasteiger partial charge in [-0.3, -0.25) is 0 Å². The van der Waals surface area contributed by atoms with Crippen LogP contribution in [-0.2, 0) is 14.3 Å². The van der Waals surface area contributed by atoms with Crippen molar-refractivity contribution in [2.24, 2.45) is 0 Å². The molecule has 4 nitrogen and oxygen atoms in total. The van der Waals surface area contributed by atoms with Gasteiger partial charge in [-0.2, -0.15) is 0 Å². The molecule has 0 spiro atoms. The average Bonchev–Trinajstić information content (AvgIpc) is 1.82. The predicted molar refractivity (Wildman–Crippen MR) is 30.1 cm³/mol. The fourth-order valence-corrected chi connectivity index (χ4v) is 0.241. The molecule has 1 atom stereocenters. The maximum Gasteiger partial charge on any atom is 0.332 e. The lowest BCUT2D eigenvalue weighted by Gasteiger charge is -2.05. The van der Waals surface area contributed by atoms with Crippen LogP contribution in [0.3, 0.4) is 0 Å². The van der Waals surface area contributed by atoms with Gasteiger partial charge in [0.15, 0.2) is 6.10 Å². The van der Waals surface area contributed by atoms with Gasteiger partial charge >= 0.3 is 5.97 Å². The minimum Gasteiger partial charge on any atom is -0.479 e. The van der Waals surface area contributed by atoms with Gasteiger partial charge in [-0.05, 0) is 6.92 Å². The molecule has 0 aromatic carbocycles. The molecular weight excluding hydrogens is 124 g/mol. The SMILES string of the molecule is COCO[C@H](C)C(=O)O. The van der Waals surface area contributed by atoms with Crippen LogP contribution in [0.25, 0.3) is 0 Å². The summed E-state index contributed by atoms with van der Waals surface area (Å²) in [5.41, 5.74) is 0. The van der Waals surface area contributed by atoms with Crippen molar-refractivity contribution in [3.05, 3.63) is 0 Å². The van der Waals surface area contributed by atoms with Gasteiger partial charge in [0.05, 0.1) is 0 Å². The van der Waals surface area contributed by atoms with Gasteiger partial charge in [-0.1, -0.05) is 0 Å². The summed E-state index contributed by atoms with van der Waals surface area (Å²) in [4.78, 5) is 10.0. The first-order valence-corrected chi connectivity index (χ1v) is 2.52. The van der Waals surface area contributed by atoms with E-state index in [1.54, 1.807) is 0 Å². The van der Waals surface area contributed by atoms with Gasteiger partial charge in [-0.15, -0.1) is 0 Å². The summed E-state index contributed by atoms with van der Waals surface area (Å²) in [5, 5.41) is 8.23. The van der Waals surface area contributed by atoms with Gasteiger partial charge in [0.1, 0.15) is 6.79 Å².